The lowest BCUT2D eigenvalue weighted by atomic mass is 9.87. The Labute approximate surface area is 322 Å². The summed E-state index contributed by atoms with van der Waals surface area (Å²) in [6.45, 7) is 0.729. The van der Waals surface area contributed by atoms with Crippen LogP contribution in [0.5, 0.6) is 5.75 Å². The van der Waals surface area contributed by atoms with Gasteiger partial charge in [0, 0.05) is 36.4 Å². The van der Waals surface area contributed by atoms with Crippen LogP contribution in [0.2, 0.25) is 0 Å². The Morgan fingerprint density at radius 1 is 1.04 bits per heavy atom. The summed E-state index contributed by atoms with van der Waals surface area (Å²) in [4.78, 5) is 75.7. The smallest absolute Gasteiger partial charge is 0.481 e. The second kappa shape index (κ2) is 19.1. The number of phosphoric ester groups is 3. The van der Waals surface area contributed by atoms with Crippen LogP contribution in [0.4, 0.5) is 5.82 Å². The predicted octanol–water partition coefficient (Wildman–Crippen LogP) is 0.0439. The maximum Gasteiger partial charge on any atom is 0.481 e. The van der Waals surface area contributed by atoms with E-state index in [2.05, 4.69) is 34.4 Å². The first-order valence-corrected chi connectivity index (χ1v) is 22.0. The van der Waals surface area contributed by atoms with Gasteiger partial charge in [-0.05, 0) is 17.7 Å². The maximum atomic E-state index is 12.7. The van der Waals surface area contributed by atoms with Gasteiger partial charge in [-0.15, -0.1) is 0 Å². The normalized spacial score (nSPS) is 21.6. The van der Waals surface area contributed by atoms with Gasteiger partial charge >= 0.3 is 23.5 Å². The minimum atomic E-state index is -5.56. The highest BCUT2D eigenvalue weighted by molar-refractivity contribution is 7.98. The fraction of sp³-hybridized carbons (Fsp3) is 0.536. The molecule has 0 radical (unpaired) electrons. The zero-order chi connectivity index (χ0) is 41.5. The summed E-state index contributed by atoms with van der Waals surface area (Å²) in [6.07, 6.45) is -6.82. The van der Waals surface area contributed by atoms with Crippen molar-refractivity contribution in [2.24, 2.45) is 5.41 Å². The second-order valence-electron chi connectivity index (χ2n) is 12.8. The number of anilines is 1. The van der Waals surface area contributed by atoms with Crippen molar-refractivity contribution in [1.82, 2.24) is 30.2 Å². The lowest BCUT2D eigenvalue weighted by Gasteiger charge is -2.30. The third-order valence-electron chi connectivity index (χ3n) is 7.85. The molecular formula is C28H42N7O17P3S. The number of rotatable bonds is 21. The van der Waals surface area contributed by atoms with Crippen LogP contribution in [0.1, 0.15) is 32.1 Å². The monoisotopic (exact) mass is 873 g/mol. The Morgan fingerprint density at radius 3 is 2.39 bits per heavy atom. The van der Waals surface area contributed by atoms with Gasteiger partial charge in [0.05, 0.1) is 19.5 Å². The van der Waals surface area contributed by atoms with Crippen LogP contribution in [-0.2, 0) is 51.7 Å². The Bertz CT molecular complexity index is 1970. The van der Waals surface area contributed by atoms with Gasteiger partial charge in [0.2, 0.25) is 11.8 Å². The molecule has 1 aliphatic heterocycles. The largest absolute Gasteiger partial charge is 0.508 e. The highest BCUT2D eigenvalue weighted by Gasteiger charge is 2.50. The van der Waals surface area contributed by atoms with E-state index in [0.717, 1.165) is 22.8 Å². The average Bonchev–Trinajstić information content (AvgIpc) is 3.67. The van der Waals surface area contributed by atoms with Crippen LogP contribution in [0, 0.1) is 5.41 Å². The summed E-state index contributed by atoms with van der Waals surface area (Å²) in [6, 6.07) is 6.74. The van der Waals surface area contributed by atoms with Gasteiger partial charge in [0.25, 0.3) is 0 Å². The number of nitrogen functional groups attached to an aromatic ring is 1. The number of aromatic hydroxyl groups is 1. The molecule has 7 atom stereocenters. The Morgan fingerprint density at radius 2 is 1.71 bits per heavy atom. The number of phenols is 1. The van der Waals surface area contributed by atoms with E-state index in [1.807, 2.05) is 0 Å². The summed E-state index contributed by atoms with van der Waals surface area (Å²) >= 11 is 1.56. The van der Waals surface area contributed by atoms with Crippen molar-refractivity contribution in [1.29, 1.82) is 0 Å². The maximum absolute atomic E-state index is 12.7. The number of thioether (sulfide) groups is 1. The van der Waals surface area contributed by atoms with Crippen molar-refractivity contribution in [3.63, 3.8) is 0 Å². The summed E-state index contributed by atoms with van der Waals surface area (Å²) in [5, 5.41) is 35.8. The van der Waals surface area contributed by atoms with Crippen molar-refractivity contribution in [2.45, 2.75) is 56.7 Å². The number of imidazole rings is 1. The number of hydrogen-bond acceptors (Lipinski definition) is 18. The van der Waals surface area contributed by atoms with E-state index in [1.165, 1.54) is 13.8 Å². The van der Waals surface area contributed by atoms with Crippen LogP contribution in [-0.4, -0.2) is 123 Å². The number of aliphatic hydroxyl groups is 2. The molecule has 1 saturated heterocycles. The highest BCUT2D eigenvalue weighted by Crippen LogP contribution is 2.61. The zero-order valence-electron chi connectivity index (χ0n) is 29.6. The van der Waals surface area contributed by atoms with Crippen molar-refractivity contribution >= 4 is 64.0 Å². The summed E-state index contributed by atoms with van der Waals surface area (Å²) in [5.41, 5.74) is 5.29. The highest BCUT2D eigenvalue weighted by atomic mass is 32.2. The Hall–Kier alpha value is -3.09. The molecule has 0 aliphatic carbocycles. The molecule has 2 unspecified atom stereocenters. The van der Waals surface area contributed by atoms with E-state index in [4.69, 9.17) is 19.5 Å². The molecule has 2 aromatic heterocycles. The molecule has 312 valence electrons. The fourth-order valence-corrected chi connectivity index (χ4v) is 8.63. The number of phenolic OH excluding ortho intramolecular Hbond substituents is 1. The molecule has 1 aliphatic rings. The van der Waals surface area contributed by atoms with Gasteiger partial charge in [0.1, 0.15) is 42.0 Å². The number of aromatic nitrogens is 4. The number of ether oxygens (including phenoxy) is 1. The third-order valence-corrected chi connectivity index (χ3v) is 12.0. The summed E-state index contributed by atoms with van der Waals surface area (Å²) in [5.74, 6) is 0.0892. The number of benzene rings is 1. The number of fused-ring (bicyclic) bond motifs is 1. The Kier molecular flexibility index (Phi) is 15.6. The Balaban J connectivity index is 1.22. The van der Waals surface area contributed by atoms with Crippen molar-refractivity contribution in [2.75, 3.05) is 37.8 Å². The minimum absolute atomic E-state index is 0.0333. The van der Waals surface area contributed by atoms with Crippen LogP contribution in [0.15, 0.2) is 36.9 Å². The average molecular weight is 874 g/mol. The van der Waals surface area contributed by atoms with Crippen molar-refractivity contribution < 1.29 is 80.8 Å². The number of phosphoric acid groups is 3. The number of aliphatic hydroxyl groups excluding tert-OH is 2. The van der Waals surface area contributed by atoms with E-state index < -0.39 is 78.6 Å². The predicted molar refractivity (Wildman–Crippen MR) is 194 cm³/mol. The van der Waals surface area contributed by atoms with Gasteiger partial charge in [-0.25, -0.2) is 28.6 Å². The van der Waals surface area contributed by atoms with Crippen LogP contribution in [0.3, 0.4) is 0 Å². The number of amides is 2. The first-order valence-electron chi connectivity index (χ1n) is 16.3. The first-order chi connectivity index (χ1) is 26.1. The first kappa shape index (κ1) is 45.6. The molecule has 4 rings (SSSR count). The molecule has 1 fully saturated rings. The zero-order valence-corrected chi connectivity index (χ0v) is 33.1. The van der Waals surface area contributed by atoms with E-state index in [9.17, 15) is 58.2 Å². The van der Waals surface area contributed by atoms with E-state index in [1.54, 1.807) is 36.0 Å². The molecule has 24 nitrogen and oxygen atoms in total. The fourth-order valence-electron chi connectivity index (χ4n) is 4.98. The molecule has 2 amide bonds. The van der Waals surface area contributed by atoms with Crippen LogP contribution < -0.4 is 16.4 Å². The third kappa shape index (κ3) is 13.2. The number of nitrogens with two attached hydrogens (primary N) is 1. The number of carbonyl (C=O) groups is 2. The van der Waals surface area contributed by atoms with Crippen LogP contribution in [0.25, 0.3) is 11.2 Å². The number of nitrogens with zero attached hydrogens (tertiary/aromatic N) is 4. The van der Waals surface area contributed by atoms with Crippen LogP contribution >= 0.6 is 35.2 Å². The van der Waals surface area contributed by atoms with E-state index in [-0.39, 0.29) is 41.6 Å². The number of nitrogens with one attached hydrogen (secondary N) is 2. The standard InChI is InChI=1S/C28H42N7O17P3S/c1-28(2,23(39)26(40)31-8-7-19(37)30-9-10-56-12-16-3-5-17(36)6-4-16)13-49-55(46,47)52-54(44,45)48-11-18-22(51-53(41,42)43)21(38)27(50-18)35-15-34-20-24(29)32-14-33-25(20)35/h3-6,14-15,18,21-23,27,36,38-39H,7-13H2,1-2H3,(H,30,37)(H,31,40)(H,44,45)(H,46,47)(H2,29,32,33)(H2,41,42,43)/t18-,21+,22-,23-,27+/m0/s1. The summed E-state index contributed by atoms with van der Waals surface area (Å²) in [7, 11) is -16.4. The van der Waals surface area contributed by atoms with Crippen molar-refractivity contribution in [3.05, 3.63) is 42.5 Å². The molecule has 11 N–H and O–H groups in total. The SMILES string of the molecule is CC(C)(COP(=O)(O)OP(=O)(O)OC[C@@H]1O[C@@H](n2cnc3c(N)ncnc32)[C@H](O)[C@H]1OP(=O)(O)O)[C@@H](O)C(=O)NCCC(=O)NCCSCc1ccc(O)cc1. The molecule has 3 heterocycles. The second-order valence-corrected chi connectivity index (χ2v) is 18.1. The molecule has 0 saturated carbocycles. The van der Waals surface area contributed by atoms with E-state index >= 15 is 0 Å². The summed E-state index contributed by atoms with van der Waals surface area (Å²) < 4.78 is 62.1. The van der Waals surface area contributed by atoms with Gasteiger partial charge in [-0.1, -0.05) is 26.0 Å². The topological polar surface area (TPSA) is 367 Å². The quantitative estimate of drug-likeness (QED) is 0.0499. The molecule has 56 heavy (non-hydrogen) atoms. The minimum Gasteiger partial charge on any atom is -0.508 e. The van der Waals surface area contributed by atoms with Crippen molar-refractivity contribution in [3.8, 4) is 5.75 Å². The molecular weight excluding hydrogens is 831 g/mol. The van der Waals surface area contributed by atoms with Gasteiger partial charge in [-0.2, -0.15) is 16.1 Å². The molecule has 0 spiro atoms. The molecule has 0 bridgehead atoms. The lowest BCUT2D eigenvalue weighted by molar-refractivity contribution is -0.137. The van der Waals surface area contributed by atoms with Gasteiger partial charge in [0.15, 0.2) is 17.7 Å². The van der Waals surface area contributed by atoms with E-state index in [0.29, 0.717) is 18.1 Å². The molecule has 28 heteroatoms. The number of hydrogen-bond donors (Lipinski definition) is 10. The molecule has 1 aromatic carbocycles. The lowest BCUT2D eigenvalue weighted by Crippen LogP contribution is -2.46. The van der Waals surface area contributed by atoms with Gasteiger partial charge < -0.3 is 56.0 Å². The molecule has 3 aromatic rings. The van der Waals surface area contributed by atoms with Gasteiger partial charge in [-0.3, -0.25) is 27.7 Å². The number of carbonyl (C=O) groups excluding carboxylic acids is 2.